The van der Waals surface area contributed by atoms with Crippen LogP contribution < -0.4 is 0 Å². The summed E-state index contributed by atoms with van der Waals surface area (Å²) >= 11 is 0. The lowest BCUT2D eigenvalue weighted by Gasteiger charge is -2.23. The summed E-state index contributed by atoms with van der Waals surface area (Å²) in [6.07, 6.45) is 4.74. The highest BCUT2D eigenvalue weighted by atomic mass is 15.3. The molecule has 0 N–H and O–H groups in total. The molecule has 0 radical (unpaired) electrons. The molecule has 4 heteroatoms. The van der Waals surface area contributed by atoms with Gasteiger partial charge in [0.05, 0.1) is 6.07 Å². The fourth-order valence-electron chi connectivity index (χ4n) is 1.25. The van der Waals surface area contributed by atoms with E-state index in [-0.39, 0.29) is 0 Å². The summed E-state index contributed by atoms with van der Waals surface area (Å²) in [5.41, 5.74) is -0.455. The summed E-state index contributed by atoms with van der Waals surface area (Å²) in [6, 6.07) is 2.30. The normalized spacial score (nSPS) is 11.1. The molecule has 1 heterocycles. The van der Waals surface area contributed by atoms with Gasteiger partial charge in [0.15, 0.2) is 0 Å². The first kappa shape index (κ1) is 8.72. The van der Waals surface area contributed by atoms with Gasteiger partial charge < -0.3 is 4.57 Å². The van der Waals surface area contributed by atoms with E-state index in [1.807, 2.05) is 13.8 Å². The maximum Gasteiger partial charge on any atom is 0.133 e. The lowest BCUT2D eigenvalue weighted by Crippen LogP contribution is -2.29. The fourth-order valence-corrected chi connectivity index (χ4v) is 1.25. The van der Waals surface area contributed by atoms with Crippen molar-refractivity contribution in [3.05, 3.63) is 12.7 Å². The molecule has 0 aliphatic heterocycles. The molecule has 0 fully saturated rings. The second-order valence-corrected chi connectivity index (χ2v) is 2.72. The van der Waals surface area contributed by atoms with E-state index in [0.717, 1.165) is 12.8 Å². The molecule has 0 spiro atoms. The number of hydrogen-bond acceptors (Lipinski definition) is 3. The standard InChI is InChI=1S/C8H12N4/c1-3-8(4-2,5-9)12-6-10-11-7-12/h6-7H,3-4H2,1-2H3. The van der Waals surface area contributed by atoms with Crippen molar-refractivity contribution in [3.63, 3.8) is 0 Å². The van der Waals surface area contributed by atoms with Crippen molar-refractivity contribution < 1.29 is 0 Å². The van der Waals surface area contributed by atoms with Crippen LogP contribution in [0.2, 0.25) is 0 Å². The molecule has 12 heavy (non-hydrogen) atoms. The summed E-state index contributed by atoms with van der Waals surface area (Å²) < 4.78 is 1.77. The summed E-state index contributed by atoms with van der Waals surface area (Å²) in [5.74, 6) is 0. The van der Waals surface area contributed by atoms with Crippen LogP contribution in [0, 0.1) is 11.3 Å². The highest BCUT2D eigenvalue weighted by Crippen LogP contribution is 2.22. The molecule has 0 saturated heterocycles. The van der Waals surface area contributed by atoms with Crippen LogP contribution in [0.25, 0.3) is 0 Å². The minimum Gasteiger partial charge on any atom is -0.301 e. The van der Waals surface area contributed by atoms with Gasteiger partial charge in [-0.1, -0.05) is 13.8 Å². The largest absolute Gasteiger partial charge is 0.301 e. The Morgan fingerprint density at radius 2 is 1.83 bits per heavy atom. The molecule has 0 amide bonds. The van der Waals surface area contributed by atoms with Gasteiger partial charge >= 0.3 is 0 Å². The van der Waals surface area contributed by atoms with Gasteiger partial charge in [-0.15, -0.1) is 10.2 Å². The first-order chi connectivity index (χ1) is 5.79. The quantitative estimate of drug-likeness (QED) is 0.677. The van der Waals surface area contributed by atoms with E-state index < -0.39 is 5.54 Å². The van der Waals surface area contributed by atoms with Crippen LogP contribution in [0.5, 0.6) is 0 Å². The fraction of sp³-hybridized carbons (Fsp3) is 0.625. The van der Waals surface area contributed by atoms with E-state index in [1.54, 1.807) is 17.2 Å². The lowest BCUT2D eigenvalue weighted by atomic mass is 9.95. The van der Waals surface area contributed by atoms with Gasteiger partial charge in [0.1, 0.15) is 18.2 Å². The molecule has 1 aromatic rings. The van der Waals surface area contributed by atoms with Gasteiger partial charge in [0.25, 0.3) is 0 Å². The monoisotopic (exact) mass is 164 g/mol. The van der Waals surface area contributed by atoms with Gasteiger partial charge in [0.2, 0.25) is 0 Å². The van der Waals surface area contributed by atoms with E-state index >= 15 is 0 Å². The summed E-state index contributed by atoms with van der Waals surface area (Å²) in [6.45, 7) is 3.99. The van der Waals surface area contributed by atoms with Crippen LogP contribution >= 0.6 is 0 Å². The van der Waals surface area contributed by atoms with Crippen LogP contribution in [0.1, 0.15) is 26.7 Å². The Morgan fingerprint density at radius 1 is 1.33 bits per heavy atom. The second kappa shape index (κ2) is 3.35. The number of nitriles is 1. The van der Waals surface area contributed by atoms with E-state index in [0.29, 0.717) is 0 Å². The molecule has 0 saturated carbocycles. The van der Waals surface area contributed by atoms with Crippen LogP contribution in [-0.2, 0) is 5.54 Å². The van der Waals surface area contributed by atoms with Crippen LogP contribution in [0.15, 0.2) is 12.7 Å². The SMILES string of the molecule is CCC(C#N)(CC)n1cnnc1. The van der Waals surface area contributed by atoms with Gasteiger partial charge in [-0.05, 0) is 12.8 Å². The topological polar surface area (TPSA) is 54.5 Å². The smallest absolute Gasteiger partial charge is 0.133 e. The molecule has 1 aromatic heterocycles. The Kier molecular flexibility index (Phi) is 2.44. The van der Waals surface area contributed by atoms with Crippen molar-refractivity contribution in [2.24, 2.45) is 0 Å². The number of aromatic nitrogens is 3. The molecule has 4 nitrogen and oxygen atoms in total. The van der Waals surface area contributed by atoms with Crippen LogP contribution in [0.3, 0.4) is 0 Å². The predicted molar refractivity (Wildman–Crippen MR) is 44.2 cm³/mol. The molecule has 0 aliphatic rings. The molecule has 0 unspecified atom stereocenters. The number of rotatable bonds is 3. The third-order valence-corrected chi connectivity index (χ3v) is 2.29. The maximum atomic E-state index is 9.02. The number of hydrogen-bond donors (Lipinski definition) is 0. The third-order valence-electron chi connectivity index (χ3n) is 2.29. The zero-order valence-electron chi connectivity index (χ0n) is 7.36. The van der Waals surface area contributed by atoms with Gasteiger partial charge in [-0.2, -0.15) is 5.26 Å². The Hall–Kier alpha value is -1.37. The average Bonchev–Trinajstić information content (AvgIpc) is 2.62. The number of nitrogens with zero attached hydrogens (tertiary/aromatic N) is 4. The summed E-state index contributed by atoms with van der Waals surface area (Å²) in [5, 5.41) is 16.4. The minimum absolute atomic E-state index is 0.455. The first-order valence-corrected chi connectivity index (χ1v) is 4.05. The van der Waals surface area contributed by atoms with Gasteiger partial charge in [-0.25, -0.2) is 0 Å². The van der Waals surface area contributed by atoms with E-state index in [2.05, 4.69) is 16.3 Å². The van der Waals surface area contributed by atoms with E-state index in [4.69, 9.17) is 5.26 Å². The van der Waals surface area contributed by atoms with Crippen LogP contribution in [0.4, 0.5) is 0 Å². The Morgan fingerprint density at radius 3 is 2.17 bits per heavy atom. The van der Waals surface area contributed by atoms with Gasteiger partial charge in [-0.3, -0.25) is 0 Å². The zero-order valence-corrected chi connectivity index (χ0v) is 7.36. The molecule has 0 bridgehead atoms. The van der Waals surface area contributed by atoms with Crippen molar-refractivity contribution in [1.29, 1.82) is 5.26 Å². The molecule has 0 atom stereocenters. The average molecular weight is 164 g/mol. The molecule has 0 aliphatic carbocycles. The molecule has 64 valence electrons. The molecular weight excluding hydrogens is 152 g/mol. The first-order valence-electron chi connectivity index (χ1n) is 4.05. The highest BCUT2D eigenvalue weighted by molar-refractivity contribution is 5.03. The second-order valence-electron chi connectivity index (χ2n) is 2.72. The summed E-state index contributed by atoms with van der Waals surface area (Å²) in [4.78, 5) is 0. The zero-order chi connectivity index (χ0) is 9.03. The summed E-state index contributed by atoms with van der Waals surface area (Å²) in [7, 11) is 0. The predicted octanol–water partition coefficient (Wildman–Crippen LogP) is 1.32. The van der Waals surface area contributed by atoms with Crippen molar-refractivity contribution in [2.45, 2.75) is 32.2 Å². The molecular formula is C8H12N4. The maximum absolute atomic E-state index is 9.02. The Labute approximate surface area is 71.8 Å². The third kappa shape index (κ3) is 1.18. The van der Waals surface area contributed by atoms with Crippen molar-refractivity contribution in [3.8, 4) is 6.07 Å². The Bertz CT molecular complexity index is 266. The Balaban J connectivity index is 3.03. The van der Waals surface area contributed by atoms with E-state index in [1.165, 1.54) is 0 Å². The van der Waals surface area contributed by atoms with Crippen molar-refractivity contribution in [1.82, 2.24) is 14.8 Å². The molecule has 1 rings (SSSR count). The minimum atomic E-state index is -0.455. The van der Waals surface area contributed by atoms with Crippen molar-refractivity contribution in [2.75, 3.05) is 0 Å². The molecule has 0 aromatic carbocycles. The van der Waals surface area contributed by atoms with Crippen LogP contribution in [-0.4, -0.2) is 14.8 Å². The van der Waals surface area contributed by atoms with E-state index in [9.17, 15) is 0 Å². The lowest BCUT2D eigenvalue weighted by molar-refractivity contribution is 0.354. The van der Waals surface area contributed by atoms with Crippen molar-refractivity contribution >= 4 is 0 Å². The highest BCUT2D eigenvalue weighted by Gasteiger charge is 2.27. The van der Waals surface area contributed by atoms with Gasteiger partial charge in [0, 0.05) is 0 Å².